The zero-order chi connectivity index (χ0) is 19.5. The van der Waals surface area contributed by atoms with Gasteiger partial charge in [0, 0.05) is 17.1 Å². The number of aromatic nitrogens is 3. The number of benzene rings is 2. The minimum Gasteiger partial charge on any atom is -0.364 e. The Labute approximate surface area is 172 Å². The van der Waals surface area contributed by atoms with Crippen molar-refractivity contribution in [1.29, 1.82) is 0 Å². The molecule has 0 aliphatic heterocycles. The van der Waals surface area contributed by atoms with E-state index in [1.807, 2.05) is 24.3 Å². The summed E-state index contributed by atoms with van der Waals surface area (Å²) in [6, 6.07) is 25.0. The molecule has 140 valence electrons. The lowest BCUT2D eigenvalue weighted by Crippen LogP contribution is -2.03. The SMILES string of the molecule is c1ccc(-c2ccc(-c3csc4ncnc(NCc5ccccn5)c34)cc2)cc1. The number of nitrogens with zero attached hydrogens (tertiary/aromatic N) is 3. The van der Waals surface area contributed by atoms with E-state index < -0.39 is 0 Å². The molecule has 0 saturated carbocycles. The van der Waals surface area contributed by atoms with Gasteiger partial charge in [-0.05, 0) is 28.8 Å². The van der Waals surface area contributed by atoms with Crippen LogP contribution in [0.15, 0.2) is 90.7 Å². The van der Waals surface area contributed by atoms with Crippen LogP contribution in [0.5, 0.6) is 0 Å². The fraction of sp³-hybridized carbons (Fsp3) is 0.0417. The highest BCUT2D eigenvalue weighted by Gasteiger charge is 2.13. The summed E-state index contributed by atoms with van der Waals surface area (Å²) in [5.41, 5.74) is 5.71. The van der Waals surface area contributed by atoms with Gasteiger partial charge in [-0.2, -0.15) is 0 Å². The molecule has 29 heavy (non-hydrogen) atoms. The van der Waals surface area contributed by atoms with Crippen LogP contribution in [0, 0.1) is 0 Å². The normalized spacial score (nSPS) is 10.9. The van der Waals surface area contributed by atoms with E-state index in [1.54, 1.807) is 23.9 Å². The summed E-state index contributed by atoms with van der Waals surface area (Å²) in [5, 5.41) is 6.64. The van der Waals surface area contributed by atoms with Crippen molar-refractivity contribution < 1.29 is 0 Å². The van der Waals surface area contributed by atoms with Crippen LogP contribution in [0.2, 0.25) is 0 Å². The Morgan fingerprint density at radius 1 is 0.724 bits per heavy atom. The maximum absolute atomic E-state index is 4.50. The second-order valence-electron chi connectivity index (χ2n) is 6.67. The van der Waals surface area contributed by atoms with E-state index >= 15 is 0 Å². The number of thiophene rings is 1. The van der Waals surface area contributed by atoms with E-state index in [4.69, 9.17) is 0 Å². The molecule has 0 radical (unpaired) electrons. The molecular formula is C24H18N4S. The molecule has 5 heteroatoms. The number of fused-ring (bicyclic) bond motifs is 1. The molecule has 0 unspecified atom stereocenters. The van der Waals surface area contributed by atoms with Crippen molar-refractivity contribution in [3.05, 3.63) is 96.4 Å². The van der Waals surface area contributed by atoms with Gasteiger partial charge in [-0.1, -0.05) is 60.7 Å². The number of pyridine rings is 1. The summed E-state index contributed by atoms with van der Waals surface area (Å²) in [6.07, 6.45) is 3.42. The lowest BCUT2D eigenvalue weighted by atomic mass is 10.0. The maximum Gasteiger partial charge on any atom is 0.139 e. The molecule has 5 rings (SSSR count). The lowest BCUT2D eigenvalue weighted by molar-refractivity contribution is 1.03. The second kappa shape index (κ2) is 7.81. The first kappa shape index (κ1) is 17.5. The monoisotopic (exact) mass is 394 g/mol. The topological polar surface area (TPSA) is 50.7 Å². The summed E-state index contributed by atoms with van der Waals surface area (Å²) < 4.78 is 0. The van der Waals surface area contributed by atoms with Gasteiger partial charge in [-0.25, -0.2) is 9.97 Å². The number of anilines is 1. The van der Waals surface area contributed by atoms with Crippen LogP contribution in [0.25, 0.3) is 32.5 Å². The molecule has 0 fully saturated rings. The zero-order valence-electron chi connectivity index (χ0n) is 15.6. The van der Waals surface area contributed by atoms with Crippen LogP contribution in [0.3, 0.4) is 0 Å². The van der Waals surface area contributed by atoms with Crippen molar-refractivity contribution in [2.24, 2.45) is 0 Å². The fourth-order valence-corrected chi connectivity index (χ4v) is 4.29. The Balaban J connectivity index is 1.49. The van der Waals surface area contributed by atoms with Gasteiger partial charge in [0.05, 0.1) is 17.6 Å². The van der Waals surface area contributed by atoms with Crippen molar-refractivity contribution in [3.8, 4) is 22.3 Å². The molecule has 0 bridgehead atoms. The van der Waals surface area contributed by atoms with Gasteiger partial charge in [0.1, 0.15) is 17.0 Å². The van der Waals surface area contributed by atoms with Gasteiger partial charge in [-0.15, -0.1) is 11.3 Å². The van der Waals surface area contributed by atoms with E-state index in [0.717, 1.165) is 32.9 Å². The highest BCUT2D eigenvalue weighted by Crippen LogP contribution is 2.37. The average Bonchev–Trinajstić information content (AvgIpc) is 3.24. The minimum absolute atomic E-state index is 0.620. The highest BCUT2D eigenvalue weighted by atomic mass is 32.1. The Morgan fingerprint density at radius 2 is 1.48 bits per heavy atom. The third kappa shape index (κ3) is 3.60. The molecule has 0 saturated heterocycles. The number of hydrogen-bond acceptors (Lipinski definition) is 5. The Kier molecular flexibility index (Phi) is 4.72. The fourth-order valence-electron chi connectivity index (χ4n) is 3.37. The molecule has 4 nitrogen and oxygen atoms in total. The minimum atomic E-state index is 0.620. The second-order valence-corrected chi connectivity index (χ2v) is 7.53. The number of nitrogens with one attached hydrogen (secondary N) is 1. The Hall–Kier alpha value is -3.57. The summed E-state index contributed by atoms with van der Waals surface area (Å²) in [6.45, 7) is 0.620. The van der Waals surface area contributed by atoms with Crippen molar-refractivity contribution in [2.75, 3.05) is 5.32 Å². The molecule has 3 aromatic heterocycles. The van der Waals surface area contributed by atoms with E-state index in [-0.39, 0.29) is 0 Å². The van der Waals surface area contributed by atoms with E-state index in [0.29, 0.717) is 6.54 Å². The van der Waals surface area contributed by atoms with Crippen LogP contribution in [-0.2, 0) is 6.54 Å². The molecule has 1 N–H and O–H groups in total. The number of rotatable bonds is 5. The molecule has 0 atom stereocenters. The molecule has 2 aromatic carbocycles. The first-order valence-electron chi connectivity index (χ1n) is 9.40. The lowest BCUT2D eigenvalue weighted by Gasteiger charge is -2.09. The Bertz CT molecular complexity index is 1230. The van der Waals surface area contributed by atoms with Crippen molar-refractivity contribution in [1.82, 2.24) is 15.0 Å². The summed E-state index contributed by atoms with van der Waals surface area (Å²) in [5.74, 6) is 0.837. The third-order valence-electron chi connectivity index (χ3n) is 4.84. The van der Waals surface area contributed by atoms with Gasteiger partial charge >= 0.3 is 0 Å². The van der Waals surface area contributed by atoms with Crippen LogP contribution in [0.4, 0.5) is 5.82 Å². The first-order chi connectivity index (χ1) is 14.4. The van der Waals surface area contributed by atoms with Crippen molar-refractivity contribution in [2.45, 2.75) is 6.54 Å². The van der Waals surface area contributed by atoms with Gasteiger partial charge in [0.25, 0.3) is 0 Å². The quantitative estimate of drug-likeness (QED) is 0.395. The van der Waals surface area contributed by atoms with Gasteiger partial charge in [0.15, 0.2) is 0 Å². The maximum atomic E-state index is 4.50. The van der Waals surface area contributed by atoms with E-state index in [1.165, 1.54) is 11.1 Å². The highest BCUT2D eigenvalue weighted by molar-refractivity contribution is 7.17. The van der Waals surface area contributed by atoms with E-state index in [9.17, 15) is 0 Å². The molecule has 0 aliphatic carbocycles. The molecule has 0 spiro atoms. The van der Waals surface area contributed by atoms with Crippen LogP contribution in [0.1, 0.15) is 5.69 Å². The number of hydrogen-bond donors (Lipinski definition) is 1. The largest absolute Gasteiger partial charge is 0.364 e. The van der Waals surface area contributed by atoms with Crippen LogP contribution >= 0.6 is 11.3 Å². The third-order valence-corrected chi connectivity index (χ3v) is 5.72. The molecule has 0 aliphatic rings. The van der Waals surface area contributed by atoms with Gasteiger partial charge in [0.2, 0.25) is 0 Å². The molecule has 3 heterocycles. The molecule has 0 amide bonds. The molecular weight excluding hydrogens is 376 g/mol. The van der Waals surface area contributed by atoms with Gasteiger partial charge in [-0.3, -0.25) is 4.98 Å². The van der Waals surface area contributed by atoms with E-state index in [2.05, 4.69) is 74.2 Å². The summed E-state index contributed by atoms with van der Waals surface area (Å²) in [4.78, 5) is 14.3. The van der Waals surface area contributed by atoms with Crippen LogP contribution < -0.4 is 5.32 Å². The zero-order valence-corrected chi connectivity index (χ0v) is 16.4. The van der Waals surface area contributed by atoms with Crippen molar-refractivity contribution in [3.63, 3.8) is 0 Å². The smallest absolute Gasteiger partial charge is 0.139 e. The first-order valence-corrected chi connectivity index (χ1v) is 10.3. The predicted octanol–water partition coefficient (Wildman–Crippen LogP) is 6.03. The standard InChI is InChI=1S/C24H18N4S/c1-2-6-17(7-3-1)18-9-11-19(12-10-18)21-15-29-24-22(21)23(27-16-28-24)26-14-20-8-4-5-13-25-20/h1-13,15-16H,14H2,(H,26,27,28). The Morgan fingerprint density at radius 3 is 2.28 bits per heavy atom. The van der Waals surface area contributed by atoms with Crippen molar-refractivity contribution >= 4 is 27.4 Å². The average molecular weight is 395 g/mol. The summed E-state index contributed by atoms with van der Waals surface area (Å²) in [7, 11) is 0. The van der Waals surface area contributed by atoms with Crippen LogP contribution in [-0.4, -0.2) is 15.0 Å². The predicted molar refractivity (Wildman–Crippen MR) is 120 cm³/mol. The molecule has 5 aromatic rings. The summed E-state index contributed by atoms with van der Waals surface area (Å²) >= 11 is 1.64. The van der Waals surface area contributed by atoms with Gasteiger partial charge < -0.3 is 5.32 Å².